The highest BCUT2D eigenvalue weighted by molar-refractivity contribution is 5.44. The lowest BCUT2D eigenvalue weighted by Crippen LogP contribution is -2.28. The quantitative estimate of drug-likeness (QED) is 0.869. The van der Waals surface area contributed by atoms with Gasteiger partial charge in [-0.15, -0.1) is 0 Å². The molecular weight excluding hydrogens is 228 g/mol. The standard InChI is InChI=1S/C14H20N2O2/c1-17-11-2-3-14-12(6-11)13-8-16(5-4-15)7-10(13)9-18-14/h2-3,6,10,13H,4-5,7-9,15H2,1H3/t10-,13-/m0/s1. The van der Waals surface area contributed by atoms with Gasteiger partial charge in [0.2, 0.25) is 0 Å². The Morgan fingerprint density at radius 1 is 1.44 bits per heavy atom. The summed E-state index contributed by atoms with van der Waals surface area (Å²) in [5, 5.41) is 0. The van der Waals surface area contributed by atoms with Crippen LogP contribution in [0.25, 0.3) is 0 Å². The highest BCUT2D eigenvalue weighted by atomic mass is 16.5. The van der Waals surface area contributed by atoms with E-state index in [0.717, 1.165) is 44.3 Å². The molecule has 18 heavy (non-hydrogen) atoms. The third-order valence-electron chi connectivity index (χ3n) is 4.03. The van der Waals surface area contributed by atoms with E-state index in [1.807, 2.05) is 12.1 Å². The van der Waals surface area contributed by atoms with E-state index in [9.17, 15) is 0 Å². The zero-order chi connectivity index (χ0) is 12.5. The molecule has 1 fully saturated rings. The van der Waals surface area contributed by atoms with Gasteiger partial charge in [-0.3, -0.25) is 0 Å². The largest absolute Gasteiger partial charge is 0.497 e. The predicted octanol–water partition coefficient (Wildman–Crippen LogP) is 1.06. The monoisotopic (exact) mass is 248 g/mol. The Hall–Kier alpha value is -1.26. The van der Waals surface area contributed by atoms with Crippen molar-refractivity contribution in [1.29, 1.82) is 0 Å². The first-order valence-corrected chi connectivity index (χ1v) is 6.55. The summed E-state index contributed by atoms with van der Waals surface area (Å²) < 4.78 is 11.2. The first-order valence-electron chi connectivity index (χ1n) is 6.55. The fourth-order valence-corrected chi connectivity index (χ4v) is 3.12. The summed E-state index contributed by atoms with van der Waals surface area (Å²) in [5.41, 5.74) is 6.94. The Kier molecular flexibility index (Phi) is 3.14. The summed E-state index contributed by atoms with van der Waals surface area (Å²) in [6.45, 7) is 4.71. The molecule has 98 valence electrons. The van der Waals surface area contributed by atoms with Crippen molar-refractivity contribution in [3.63, 3.8) is 0 Å². The van der Waals surface area contributed by atoms with E-state index in [0.29, 0.717) is 11.8 Å². The SMILES string of the molecule is COc1ccc2c(c1)[C@H]1CN(CCN)C[C@H]1CO2. The second-order valence-corrected chi connectivity index (χ2v) is 5.13. The van der Waals surface area contributed by atoms with E-state index < -0.39 is 0 Å². The number of methoxy groups -OCH3 is 1. The summed E-state index contributed by atoms with van der Waals surface area (Å²) >= 11 is 0. The van der Waals surface area contributed by atoms with Crippen LogP contribution in [0, 0.1) is 5.92 Å². The zero-order valence-electron chi connectivity index (χ0n) is 10.8. The number of hydrogen-bond acceptors (Lipinski definition) is 4. The maximum Gasteiger partial charge on any atom is 0.123 e. The van der Waals surface area contributed by atoms with Gasteiger partial charge in [-0.1, -0.05) is 0 Å². The molecule has 1 aromatic rings. The van der Waals surface area contributed by atoms with Gasteiger partial charge in [0.15, 0.2) is 0 Å². The molecule has 0 saturated carbocycles. The molecule has 0 amide bonds. The molecule has 0 spiro atoms. The molecule has 1 aromatic carbocycles. The summed E-state index contributed by atoms with van der Waals surface area (Å²) in [6.07, 6.45) is 0. The Morgan fingerprint density at radius 2 is 2.33 bits per heavy atom. The van der Waals surface area contributed by atoms with Gasteiger partial charge >= 0.3 is 0 Å². The Morgan fingerprint density at radius 3 is 3.11 bits per heavy atom. The molecule has 1 saturated heterocycles. The van der Waals surface area contributed by atoms with Crippen molar-refractivity contribution in [1.82, 2.24) is 4.90 Å². The van der Waals surface area contributed by atoms with E-state index in [2.05, 4.69) is 11.0 Å². The Bertz CT molecular complexity index is 436. The molecule has 2 aliphatic heterocycles. The predicted molar refractivity (Wildman–Crippen MR) is 70.2 cm³/mol. The molecule has 2 aliphatic rings. The molecule has 0 aliphatic carbocycles. The van der Waals surface area contributed by atoms with Crippen LogP contribution in [0.4, 0.5) is 0 Å². The number of benzene rings is 1. The van der Waals surface area contributed by atoms with Crippen LogP contribution in [0.15, 0.2) is 18.2 Å². The second-order valence-electron chi connectivity index (χ2n) is 5.13. The third-order valence-corrected chi connectivity index (χ3v) is 4.03. The summed E-state index contributed by atoms with van der Waals surface area (Å²) in [7, 11) is 1.71. The molecule has 4 nitrogen and oxygen atoms in total. The van der Waals surface area contributed by atoms with Crippen molar-refractivity contribution >= 4 is 0 Å². The van der Waals surface area contributed by atoms with Crippen molar-refractivity contribution in [3.8, 4) is 11.5 Å². The van der Waals surface area contributed by atoms with Gasteiger partial charge in [-0.2, -0.15) is 0 Å². The van der Waals surface area contributed by atoms with Crippen LogP contribution in [0.2, 0.25) is 0 Å². The molecule has 2 N–H and O–H groups in total. The van der Waals surface area contributed by atoms with Gasteiger partial charge in [0.1, 0.15) is 11.5 Å². The fraction of sp³-hybridized carbons (Fsp3) is 0.571. The second kappa shape index (κ2) is 4.78. The van der Waals surface area contributed by atoms with Crippen LogP contribution in [-0.2, 0) is 0 Å². The van der Waals surface area contributed by atoms with Crippen LogP contribution in [0.1, 0.15) is 11.5 Å². The van der Waals surface area contributed by atoms with Crippen molar-refractivity contribution in [2.45, 2.75) is 5.92 Å². The summed E-state index contributed by atoms with van der Waals surface area (Å²) in [5.74, 6) is 3.09. The van der Waals surface area contributed by atoms with Gasteiger partial charge in [-0.25, -0.2) is 0 Å². The fourth-order valence-electron chi connectivity index (χ4n) is 3.12. The van der Waals surface area contributed by atoms with Gasteiger partial charge < -0.3 is 20.1 Å². The molecule has 3 rings (SSSR count). The average Bonchev–Trinajstić information content (AvgIpc) is 2.81. The van der Waals surface area contributed by atoms with Crippen molar-refractivity contribution in [2.75, 3.05) is 39.9 Å². The van der Waals surface area contributed by atoms with Crippen LogP contribution in [0.5, 0.6) is 11.5 Å². The molecular formula is C14H20N2O2. The molecule has 2 heterocycles. The number of ether oxygens (including phenoxy) is 2. The highest BCUT2D eigenvalue weighted by Gasteiger charge is 2.38. The first kappa shape index (κ1) is 11.8. The van der Waals surface area contributed by atoms with E-state index in [-0.39, 0.29) is 0 Å². The molecule has 4 heteroatoms. The number of nitrogens with two attached hydrogens (primary N) is 1. The number of fused-ring (bicyclic) bond motifs is 3. The van der Waals surface area contributed by atoms with Gasteiger partial charge in [-0.05, 0) is 18.2 Å². The molecule has 0 unspecified atom stereocenters. The molecule has 2 atom stereocenters. The maximum absolute atomic E-state index is 5.85. The number of nitrogens with zero attached hydrogens (tertiary/aromatic N) is 1. The minimum Gasteiger partial charge on any atom is -0.497 e. The van der Waals surface area contributed by atoms with Crippen LogP contribution >= 0.6 is 0 Å². The van der Waals surface area contributed by atoms with Crippen molar-refractivity contribution < 1.29 is 9.47 Å². The van der Waals surface area contributed by atoms with Crippen LogP contribution < -0.4 is 15.2 Å². The molecule has 0 aromatic heterocycles. The third kappa shape index (κ3) is 1.95. The van der Waals surface area contributed by atoms with Crippen LogP contribution in [-0.4, -0.2) is 44.8 Å². The summed E-state index contributed by atoms with van der Waals surface area (Å²) in [4.78, 5) is 2.44. The van der Waals surface area contributed by atoms with E-state index in [4.69, 9.17) is 15.2 Å². The Balaban J connectivity index is 1.87. The first-order chi connectivity index (χ1) is 8.81. The lowest BCUT2D eigenvalue weighted by molar-refractivity contribution is 0.213. The van der Waals surface area contributed by atoms with Gasteiger partial charge in [0.25, 0.3) is 0 Å². The maximum atomic E-state index is 5.85. The lowest BCUT2D eigenvalue weighted by atomic mass is 9.87. The molecule has 0 bridgehead atoms. The van der Waals surface area contributed by atoms with E-state index in [1.54, 1.807) is 7.11 Å². The van der Waals surface area contributed by atoms with Crippen molar-refractivity contribution in [2.24, 2.45) is 11.7 Å². The van der Waals surface area contributed by atoms with Gasteiger partial charge in [0, 0.05) is 43.6 Å². The molecule has 0 radical (unpaired) electrons. The lowest BCUT2D eigenvalue weighted by Gasteiger charge is -2.28. The normalized spacial score (nSPS) is 26.3. The number of likely N-dealkylation sites (tertiary alicyclic amines) is 1. The number of rotatable bonds is 3. The van der Waals surface area contributed by atoms with Gasteiger partial charge in [0.05, 0.1) is 13.7 Å². The van der Waals surface area contributed by atoms with E-state index in [1.165, 1.54) is 5.56 Å². The minimum absolute atomic E-state index is 0.565. The average molecular weight is 248 g/mol. The van der Waals surface area contributed by atoms with Crippen molar-refractivity contribution in [3.05, 3.63) is 23.8 Å². The Labute approximate surface area is 108 Å². The van der Waals surface area contributed by atoms with E-state index >= 15 is 0 Å². The highest BCUT2D eigenvalue weighted by Crippen LogP contribution is 2.42. The summed E-state index contributed by atoms with van der Waals surface area (Å²) in [6, 6.07) is 6.11. The van der Waals surface area contributed by atoms with Crippen LogP contribution in [0.3, 0.4) is 0 Å². The number of hydrogen-bond donors (Lipinski definition) is 1. The minimum atomic E-state index is 0.565. The zero-order valence-corrected chi connectivity index (χ0v) is 10.8. The topological polar surface area (TPSA) is 47.7 Å². The smallest absolute Gasteiger partial charge is 0.123 e.